The average molecular weight is 423 g/mol. The number of hydrogen-bond donors (Lipinski definition) is 3. The predicted octanol–water partition coefficient (Wildman–Crippen LogP) is 3.42. The van der Waals surface area contributed by atoms with Crippen LogP contribution in [0.5, 0.6) is 0 Å². The summed E-state index contributed by atoms with van der Waals surface area (Å²) in [6, 6.07) is 13.9. The number of carbonyl (C=O) groups is 1. The van der Waals surface area contributed by atoms with Crippen molar-refractivity contribution in [1.82, 2.24) is 15.2 Å². The molecule has 5 N–H and O–H groups in total. The minimum Gasteiger partial charge on any atom is -0.410 e. The van der Waals surface area contributed by atoms with Gasteiger partial charge < -0.3 is 20.5 Å². The van der Waals surface area contributed by atoms with E-state index in [0.29, 0.717) is 17.5 Å². The molecule has 4 aromatic rings. The van der Waals surface area contributed by atoms with Gasteiger partial charge in [-0.2, -0.15) is 0 Å². The Kier molecular flexibility index (Phi) is 5.87. The first-order valence-corrected chi connectivity index (χ1v) is 10.7. The zero-order chi connectivity index (χ0) is 21.1. The predicted molar refractivity (Wildman–Crippen MR) is 117 cm³/mol. The van der Waals surface area contributed by atoms with Crippen LogP contribution in [0.2, 0.25) is 0 Å². The zero-order valence-corrected chi connectivity index (χ0v) is 17.8. The number of quaternary nitrogens is 1. The van der Waals surface area contributed by atoms with E-state index in [0.717, 1.165) is 27.9 Å². The summed E-state index contributed by atoms with van der Waals surface area (Å²) in [5.41, 5.74) is 9.35. The van der Waals surface area contributed by atoms with Gasteiger partial charge in [0.2, 0.25) is 5.91 Å². The molecule has 0 saturated carbocycles. The number of H-pyrrole nitrogens is 1. The van der Waals surface area contributed by atoms with E-state index < -0.39 is 0 Å². The Bertz CT molecular complexity index is 1160. The first-order chi connectivity index (χ1) is 14.5. The van der Waals surface area contributed by atoms with Crippen LogP contribution in [-0.4, -0.2) is 26.8 Å². The lowest BCUT2D eigenvalue weighted by atomic mass is 10.1. The van der Waals surface area contributed by atoms with Crippen LogP contribution in [0.4, 0.5) is 5.69 Å². The molecule has 7 nitrogen and oxygen atoms in total. The molecule has 0 radical (unpaired) electrons. The Morgan fingerprint density at radius 2 is 1.93 bits per heavy atom. The Morgan fingerprint density at radius 3 is 2.73 bits per heavy atom. The van der Waals surface area contributed by atoms with Gasteiger partial charge in [-0.05, 0) is 36.6 Å². The number of nitrogens with one attached hydrogen (secondary N) is 2. The number of aromatic amines is 1. The summed E-state index contributed by atoms with van der Waals surface area (Å²) in [5, 5.41) is 12.7. The number of amides is 1. The van der Waals surface area contributed by atoms with Crippen LogP contribution in [-0.2, 0) is 11.2 Å². The molecule has 8 heteroatoms. The highest BCUT2D eigenvalue weighted by Gasteiger charge is 2.21. The summed E-state index contributed by atoms with van der Waals surface area (Å²) in [5.74, 6) is 0.555. The fourth-order valence-electron chi connectivity index (χ4n) is 3.41. The van der Waals surface area contributed by atoms with Gasteiger partial charge >= 0.3 is 0 Å². The summed E-state index contributed by atoms with van der Waals surface area (Å²) in [7, 11) is 0. The highest BCUT2D eigenvalue weighted by molar-refractivity contribution is 7.99. The zero-order valence-electron chi connectivity index (χ0n) is 16.9. The molecule has 0 saturated heterocycles. The maximum Gasteiger partial charge on any atom is 0.277 e. The standard InChI is InChI=1S/C22H23N5O2S/c1-13-6-5-7-14(2)20(13)25-19(28)12-30-22-27-26-21(29-22)17(23)10-15-11-24-18-9-4-3-8-16(15)18/h3-9,11,17,24H,10,12,23H2,1-2H3,(H,25,28)/p+1. The third kappa shape index (κ3) is 4.39. The third-order valence-corrected chi connectivity index (χ3v) is 5.80. The van der Waals surface area contributed by atoms with Gasteiger partial charge in [-0.1, -0.05) is 48.2 Å². The van der Waals surface area contributed by atoms with Crippen molar-refractivity contribution in [1.29, 1.82) is 0 Å². The van der Waals surface area contributed by atoms with Crippen LogP contribution < -0.4 is 11.1 Å². The number of aromatic nitrogens is 3. The van der Waals surface area contributed by atoms with Crippen molar-refractivity contribution in [2.45, 2.75) is 31.5 Å². The summed E-state index contributed by atoms with van der Waals surface area (Å²) in [6.07, 6.45) is 2.68. The Hall–Kier alpha value is -3.10. The summed E-state index contributed by atoms with van der Waals surface area (Å²) >= 11 is 1.22. The molecule has 0 aliphatic heterocycles. The lowest BCUT2D eigenvalue weighted by Crippen LogP contribution is -2.54. The lowest BCUT2D eigenvalue weighted by Gasteiger charge is -2.10. The first kappa shape index (κ1) is 20.2. The Morgan fingerprint density at radius 1 is 1.17 bits per heavy atom. The third-order valence-electron chi connectivity index (χ3n) is 4.98. The maximum atomic E-state index is 12.3. The molecule has 2 heterocycles. The van der Waals surface area contributed by atoms with Gasteiger partial charge in [0.15, 0.2) is 6.04 Å². The fourth-order valence-corrected chi connectivity index (χ4v) is 3.98. The summed E-state index contributed by atoms with van der Waals surface area (Å²) < 4.78 is 5.74. The molecule has 0 spiro atoms. The van der Waals surface area contributed by atoms with E-state index >= 15 is 0 Å². The van der Waals surface area contributed by atoms with Gasteiger partial charge in [0.05, 0.1) is 5.75 Å². The van der Waals surface area contributed by atoms with Crippen molar-refractivity contribution >= 4 is 34.3 Å². The Labute approximate surface area is 178 Å². The second-order valence-corrected chi connectivity index (χ2v) is 8.20. The van der Waals surface area contributed by atoms with Crippen LogP contribution >= 0.6 is 11.8 Å². The van der Waals surface area contributed by atoms with E-state index in [1.165, 1.54) is 17.1 Å². The molecule has 1 atom stereocenters. The number of rotatable bonds is 7. The van der Waals surface area contributed by atoms with Crippen LogP contribution in [0, 0.1) is 13.8 Å². The summed E-state index contributed by atoms with van der Waals surface area (Å²) in [4.78, 5) is 15.6. The van der Waals surface area contributed by atoms with Crippen LogP contribution in [0.15, 0.2) is 58.3 Å². The largest absolute Gasteiger partial charge is 0.410 e. The minimum absolute atomic E-state index is 0.109. The fraction of sp³-hybridized carbons (Fsp3) is 0.227. The van der Waals surface area contributed by atoms with E-state index in [4.69, 9.17) is 4.42 Å². The molecule has 30 heavy (non-hydrogen) atoms. The number of benzene rings is 2. The summed E-state index contributed by atoms with van der Waals surface area (Å²) in [6.45, 7) is 3.95. The molecule has 0 fully saturated rings. The molecular formula is C22H24N5O2S+. The van der Waals surface area contributed by atoms with Crippen molar-refractivity contribution < 1.29 is 14.9 Å². The van der Waals surface area contributed by atoms with Crippen molar-refractivity contribution in [3.05, 3.63) is 71.2 Å². The van der Waals surface area contributed by atoms with Gasteiger partial charge in [0.1, 0.15) is 0 Å². The molecule has 0 bridgehead atoms. The number of thioether (sulfide) groups is 1. The van der Waals surface area contributed by atoms with E-state index in [9.17, 15) is 4.79 Å². The van der Waals surface area contributed by atoms with E-state index in [-0.39, 0.29) is 17.7 Å². The van der Waals surface area contributed by atoms with E-state index in [2.05, 4.69) is 32.3 Å². The van der Waals surface area contributed by atoms with E-state index in [1.807, 2.05) is 56.4 Å². The van der Waals surface area contributed by atoms with Crippen molar-refractivity contribution in [2.75, 3.05) is 11.1 Å². The number of nitrogens with zero attached hydrogens (tertiary/aromatic N) is 2. The smallest absolute Gasteiger partial charge is 0.277 e. The molecule has 2 aromatic carbocycles. The molecule has 0 aliphatic rings. The van der Waals surface area contributed by atoms with Gasteiger partial charge in [-0.25, -0.2) is 0 Å². The molecule has 1 unspecified atom stereocenters. The second kappa shape index (κ2) is 8.73. The normalized spacial score (nSPS) is 12.2. The van der Waals surface area contributed by atoms with Crippen LogP contribution in [0.1, 0.15) is 28.6 Å². The number of para-hydroxylation sites is 2. The second-order valence-electron chi connectivity index (χ2n) is 7.27. The molecular weight excluding hydrogens is 398 g/mol. The highest BCUT2D eigenvalue weighted by atomic mass is 32.2. The monoisotopic (exact) mass is 422 g/mol. The average Bonchev–Trinajstić information content (AvgIpc) is 3.37. The number of aryl methyl sites for hydroxylation is 2. The van der Waals surface area contributed by atoms with Gasteiger partial charge in [0.25, 0.3) is 11.1 Å². The topological polar surface area (TPSA) is 111 Å². The number of anilines is 1. The molecule has 2 aromatic heterocycles. The molecule has 1 amide bonds. The highest BCUT2D eigenvalue weighted by Crippen LogP contribution is 2.24. The van der Waals surface area contributed by atoms with Crippen LogP contribution in [0.3, 0.4) is 0 Å². The number of carbonyl (C=O) groups excluding carboxylic acids is 1. The maximum absolute atomic E-state index is 12.3. The van der Waals surface area contributed by atoms with Crippen molar-refractivity contribution in [3.63, 3.8) is 0 Å². The molecule has 154 valence electrons. The van der Waals surface area contributed by atoms with Crippen molar-refractivity contribution in [2.24, 2.45) is 0 Å². The Balaban J connectivity index is 1.35. The van der Waals surface area contributed by atoms with Crippen molar-refractivity contribution in [3.8, 4) is 0 Å². The lowest BCUT2D eigenvalue weighted by molar-refractivity contribution is -0.431. The van der Waals surface area contributed by atoms with Crippen LogP contribution in [0.25, 0.3) is 10.9 Å². The van der Waals surface area contributed by atoms with Gasteiger partial charge in [0, 0.05) is 29.2 Å². The molecule has 4 rings (SSSR count). The van der Waals surface area contributed by atoms with Gasteiger partial charge in [-0.15, -0.1) is 10.2 Å². The number of fused-ring (bicyclic) bond motifs is 1. The quantitative estimate of drug-likeness (QED) is 0.395. The van der Waals surface area contributed by atoms with Gasteiger partial charge in [-0.3, -0.25) is 4.79 Å². The SMILES string of the molecule is Cc1cccc(C)c1NC(=O)CSc1nnc(C([NH3+])Cc2c[nH]c3ccccc23)o1. The minimum atomic E-state index is -0.172. The number of hydrogen-bond acceptors (Lipinski definition) is 5. The first-order valence-electron chi connectivity index (χ1n) is 9.71. The molecule has 0 aliphatic carbocycles. The van der Waals surface area contributed by atoms with E-state index in [1.54, 1.807) is 0 Å².